The van der Waals surface area contributed by atoms with Crippen LogP contribution in [0.5, 0.6) is 0 Å². The summed E-state index contributed by atoms with van der Waals surface area (Å²) in [6.07, 6.45) is -0.398. The molecule has 0 spiro atoms. The lowest BCUT2D eigenvalue weighted by molar-refractivity contribution is -0.138. The van der Waals surface area contributed by atoms with Gasteiger partial charge in [0.2, 0.25) is 0 Å². The van der Waals surface area contributed by atoms with Crippen molar-refractivity contribution in [1.82, 2.24) is 5.32 Å². The van der Waals surface area contributed by atoms with Gasteiger partial charge < -0.3 is 15.2 Å². The molecule has 0 unspecified atom stereocenters. The first-order valence-electron chi connectivity index (χ1n) is 6.87. The number of ether oxygens (including phenoxy) is 1. The van der Waals surface area contributed by atoms with Gasteiger partial charge in [-0.2, -0.15) is 0 Å². The van der Waals surface area contributed by atoms with Crippen LogP contribution in [-0.2, 0) is 19.4 Å². The van der Waals surface area contributed by atoms with E-state index in [1.165, 1.54) is 0 Å². The molecule has 1 heterocycles. The van der Waals surface area contributed by atoms with Gasteiger partial charge in [-0.1, -0.05) is 0 Å². The van der Waals surface area contributed by atoms with Crippen molar-refractivity contribution in [3.05, 3.63) is 0 Å². The number of carboxylic acids is 1. The normalized spacial score (nSPS) is 25.1. The second-order valence-corrected chi connectivity index (χ2v) is 8.63. The molecule has 21 heavy (non-hydrogen) atoms. The van der Waals surface area contributed by atoms with Crippen LogP contribution in [0, 0.1) is 11.8 Å². The molecule has 0 bridgehead atoms. The molecule has 0 aliphatic carbocycles. The van der Waals surface area contributed by atoms with Crippen molar-refractivity contribution in [2.24, 2.45) is 11.8 Å². The highest BCUT2D eigenvalue weighted by Crippen LogP contribution is 2.27. The quantitative estimate of drug-likeness (QED) is 0.800. The van der Waals surface area contributed by atoms with E-state index in [9.17, 15) is 18.0 Å². The van der Waals surface area contributed by atoms with Gasteiger partial charge in [0.05, 0.1) is 11.5 Å². The van der Waals surface area contributed by atoms with Crippen molar-refractivity contribution in [3.8, 4) is 0 Å². The fourth-order valence-corrected chi connectivity index (χ4v) is 4.23. The maximum atomic E-state index is 11.7. The number of hydrogen-bond acceptors (Lipinski definition) is 5. The molecule has 1 fully saturated rings. The van der Waals surface area contributed by atoms with Gasteiger partial charge in [-0.15, -0.1) is 0 Å². The fraction of sp³-hybridized carbons (Fsp3) is 0.846. The number of carbonyl (C=O) groups is 2. The second kappa shape index (κ2) is 6.64. The summed E-state index contributed by atoms with van der Waals surface area (Å²) >= 11 is 0. The van der Waals surface area contributed by atoms with E-state index in [1.54, 1.807) is 20.8 Å². The van der Waals surface area contributed by atoms with E-state index in [0.717, 1.165) is 0 Å². The number of rotatable bonds is 4. The van der Waals surface area contributed by atoms with E-state index in [1.807, 2.05) is 0 Å². The number of alkyl carbamates (subject to hydrolysis) is 1. The van der Waals surface area contributed by atoms with E-state index in [2.05, 4.69) is 5.32 Å². The molecule has 1 aliphatic heterocycles. The Kier molecular flexibility index (Phi) is 5.61. The van der Waals surface area contributed by atoms with Gasteiger partial charge in [0.25, 0.3) is 0 Å². The summed E-state index contributed by atoms with van der Waals surface area (Å²) in [5.41, 5.74) is -0.636. The molecule has 0 aromatic rings. The molecule has 2 atom stereocenters. The third kappa shape index (κ3) is 6.79. The number of carbonyl (C=O) groups excluding carboxylic acids is 1. The maximum Gasteiger partial charge on any atom is 0.407 e. The number of sulfone groups is 1. The summed E-state index contributed by atoms with van der Waals surface area (Å²) in [7, 11) is -3.17. The monoisotopic (exact) mass is 321 g/mol. The summed E-state index contributed by atoms with van der Waals surface area (Å²) in [4.78, 5) is 22.4. The molecular formula is C13H23NO6S. The van der Waals surface area contributed by atoms with Crippen LogP contribution in [-0.4, -0.2) is 49.2 Å². The summed E-state index contributed by atoms with van der Waals surface area (Å²) in [5.74, 6) is -1.69. The van der Waals surface area contributed by atoms with E-state index in [-0.39, 0.29) is 30.4 Å². The number of nitrogens with one attached hydrogen (secondary N) is 1. The molecule has 0 radical (unpaired) electrons. The lowest BCUT2D eigenvalue weighted by Gasteiger charge is -2.30. The molecule has 1 amide bonds. The minimum Gasteiger partial charge on any atom is -0.481 e. The first kappa shape index (κ1) is 17.7. The molecular weight excluding hydrogens is 298 g/mol. The SMILES string of the molecule is CC(C)(C)OC(=O)NC[C@@H]1CS(=O)(=O)CC[C@@H]1CC(=O)O. The van der Waals surface area contributed by atoms with Gasteiger partial charge in [-0.05, 0) is 39.0 Å². The standard InChI is InChI=1S/C13H23NO6S/c1-13(2,3)20-12(17)14-7-10-8-21(18,19)5-4-9(10)6-11(15)16/h9-10H,4-8H2,1-3H3,(H,14,17)(H,15,16)/t9-,10-/m1/s1. The number of hydrogen-bond donors (Lipinski definition) is 2. The van der Waals surface area contributed by atoms with Gasteiger partial charge in [-0.3, -0.25) is 4.79 Å². The average Bonchev–Trinajstić information content (AvgIpc) is 2.26. The zero-order valence-electron chi connectivity index (χ0n) is 12.6. The van der Waals surface area contributed by atoms with Crippen molar-refractivity contribution in [2.45, 2.75) is 39.2 Å². The van der Waals surface area contributed by atoms with Crippen molar-refractivity contribution in [1.29, 1.82) is 0 Å². The van der Waals surface area contributed by atoms with Crippen LogP contribution in [0.4, 0.5) is 4.79 Å². The van der Waals surface area contributed by atoms with Gasteiger partial charge in [-0.25, -0.2) is 13.2 Å². The Morgan fingerprint density at radius 2 is 1.90 bits per heavy atom. The van der Waals surface area contributed by atoms with Crippen molar-refractivity contribution in [3.63, 3.8) is 0 Å². The Morgan fingerprint density at radius 1 is 1.29 bits per heavy atom. The highest BCUT2D eigenvalue weighted by molar-refractivity contribution is 7.91. The predicted octanol–water partition coefficient (Wildman–Crippen LogP) is 1.04. The Hall–Kier alpha value is -1.31. The molecule has 1 saturated heterocycles. The van der Waals surface area contributed by atoms with Crippen molar-refractivity contribution >= 4 is 21.9 Å². The molecule has 2 N–H and O–H groups in total. The third-order valence-electron chi connectivity index (χ3n) is 3.28. The molecule has 0 aromatic carbocycles. The molecule has 122 valence electrons. The van der Waals surface area contributed by atoms with Crippen molar-refractivity contribution in [2.75, 3.05) is 18.1 Å². The van der Waals surface area contributed by atoms with Crippen molar-refractivity contribution < 1.29 is 27.9 Å². The van der Waals surface area contributed by atoms with E-state index >= 15 is 0 Å². The van der Waals surface area contributed by atoms with Crippen LogP contribution in [0.2, 0.25) is 0 Å². The Balaban J connectivity index is 2.62. The molecule has 0 aromatic heterocycles. The molecule has 1 rings (SSSR count). The predicted molar refractivity (Wildman–Crippen MR) is 76.7 cm³/mol. The third-order valence-corrected chi connectivity index (χ3v) is 5.07. The van der Waals surface area contributed by atoms with Crippen LogP contribution < -0.4 is 5.32 Å². The molecule has 8 heteroatoms. The molecule has 0 saturated carbocycles. The second-order valence-electron chi connectivity index (χ2n) is 6.40. The van der Waals surface area contributed by atoms with Gasteiger partial charge in [0.15, 0.2) is 9.84 Å². The van der Waals surface area contributed by atoms with E-state index in [4.69, 9.17) is 9.84 Å². The molecule has 1 aliphatic rings. The van der Waals surface area contributed by atoms with Gasteiger partial charge >= 0.3 is 12.1 Å². The lowest BCUT2D eigenvalue weighted by Crippen LogP contribution is -2.42. The van der Waals surface area contributed by atoms with E-state index in [0.29, 0.717) is 6.42 Å². The number of amides is 1. The van der Waals surface area contributed by atoms with Crippen LogP contribution >= 0.6 is 0 Å². The van der Waals surface area contributed by atoms with E-state index < -0.39 is 33.4 Å². The first-order valence-corrected chi connectivity index (χ1v) is 8.70. The fourth-order valence-electron chi connectivity index (χ4n) is 2.36. The minimum absolute atomic E-state index is 0.00782. The minimum atomic E-state index is -3.17. The summed E-state index contributed by atoms with van der Waals surface area (Å²) in [6, 6.07) is 0. The van der Waals surface area contributed by atoms with Crippen LogP contribution in [0.15, 0.2) is 0 Å². The topological polar surface area (TPSA) is 110 Å². The van der Waals surface area contributed by atoms with Gasteiger partial charge in [0, 0.05) is 13.0 Å². The highest BCUT2D eigenvalue weighted by Gasteiger charge is 2.34. The maximum absolute atomic E-state index is 11.7. The smallest absolute Gasteiger partial charge is 0.407 e. The number of aliphatic carboxylic acids is 1. The summed E-state index contributed by atoms with van der Waals surface area (Å²) < 4.78 is 28.4. The first-order chi connectivity index (χ1) is 9.48. The Labute approximate surface area is 125 Å². The average molecular weight is 321 g/mol. The van der Waals surface area contributed by atoms with Crippen LogP contribution in [0.1, 0.15) is 33.6 Å². The largest absolute Gasteiger partial charge is 0.481 e. The Morgan fingerprint density at radius 3 is 2.43 bits per heavy atom. The zero-order valence-corrected chi connectivity index (χ0v) is 13.4. The summed E-state index contributed by atoms with van der Waals surface area (Å²) in [5, 5.41) is 11.4. The number of carboxylic acid groups (broad SMARTS) is 1. The highest BCUT2D eigenvalue weighted by atomic mass is 32.2. The zero-order chi connectivity index (χ0) is 16.3. The summed E-state index contributed by atoms with van der Waals surface area (Å²) in [6.45, 7) is 5.28. The lowest BCUT2D eigenvalue weighted by atomic mass is 9.88. The molecule has 7 nitrogen and oxygen atoms in total. The van der Waals surface area contributed by atoms with Crippen LogP contribution in [0.3, 0.4) is 0 Å². The Bertz CT molecular complexity index is 493. The van der Waals surface area contributed by atoms with Crippen LogP contribution in [0.25, 0.3) is 0 Å². The van der Waals surface area contributed by atoms with Gasteiger partial charge in [0.1, 0.15) is 5.60 Å².